The van der Waals surface area contributed by atoms with E-state index in [1.165, 1.54) is 5.56 Å². The Labute approximate surface area is 151 Å². The standard InChI is InChI=1S/C19H23BrN2O2/c1-24-18-12-16(11-17(20)19(18)23)14-22-9-7-21(8-10-22)13-15-5-3-2-4-6-15/h2-6,11-12,23H,7-10,13-14H2,1H3. The van der Waals surface area contributed by atoms with E-state index >= 15 is 0 Å². The molecular weight excluding hydrogens is 368 g/mol. The van der Waals surface area contributed by atoms with Crippen LogP contribution in [0.25, 0.3) is 0 Å². The van der Waals surface area contributed by atoms with Crippen molar-refractivity contribution in [2.45, 2.75) is 13.1 Å². The normalized spacial score (nSPS) is 16.2. The Morgan fingerprint density at radius 1 is 0.958 bits per heavy atom. The summed E-state index contributed by atoms with van der Waals surface area (Å²) in [6, 6.07) is 14.5. The maximum absolute atomic E-state index is 9.91. The van der Waals surface area contributed by atoms with Crippen LogP contribution in [0.2, 0.25) is 0 Å². The summed E-state index contributed by atoms with van der Waals surface area (Å²) < 4.78 is 5.91. The molecule has 1 saturated heterocycles. The molecule has 0 unspecified atom stereocenters. The van der Waals surface area contributed by atoms with Gasteiger partial charge in [0.15, 0.2) is 11.5 Å². The maximum atomic E-state index is 9.91. The number of nitrogens with zero attached hydrogens (tertiary/aromatic N) is 2. The summed E-state index contributed by atoms with van der Waals surface area (Å²) in [7, 11) is 1.58. The molecule has 4 nitrogen and oxygen atoms in total. The van der Waals surface area contributed by atoms with Crippen molar-refractivity contribution in [3.63, 3.8) is 0 Å². The van der Waals surface area contributed by atoms with Gasteiger partial charge in [0.05, 0.1) is 11.6 Å². The van der Waals surface area contributed by atoms with E-state index in [-0.39, 0.29) is 5.75 Å². The fraction of sp³-hybridized carbons (Fsp3) is 0.368. The molecule has 0 saturated carbocycles. The number of ether oxygens (including phenoxy) is 1. The fourth-order valence-corrected chi connectivity index (χ4v) is 3.57. The third-order valence-electron chi connectivity index (χ3n) is 4.43. The lowest BCUT2D eigenvalue weighted by Crippen LogP contribution is -2.45. The summed E-state index contributed by atoms with van der Waals surface area (Å²) in [6.45, 7) is 6.14. The second kappa shape index (κ2) is 8.01. The number of rotatable bonds is 5. The maximum Gasteiger partial charge on any atom is 0.172 e. The molecule has 0 aliphatic carbocycles. The second-order valence-electron chi connectivity index (χ2n) is 6.17. The van der Waals surface area contributed by atoms with E-state index in [9.17, 15) is 5.11 Å². The van der Waals surface area contributed by atoms with Gasteiger partial charge in [0.1, 0.15) is 0 Å². The molecule has 0 aromatic heterocycles. The average molecular weight is 391 g/mol. The van der Waals surface area contributed by atoms with Crippen LogP contribution in [0.4, 0.5) is 0 Å². The minimum absolute atomic E-state index is 0.161. The average Bonchev–Trinajstić information content (AvgIpc) is 2.60. The lowest BCUT2D eigenvalue weighted by molar-refractivity contribution is 0.122. The van der Waals surface area contributed by atoms with Gasteiger partial charge < -0.3 is 9.84 Å². The highest BCUT2D eigenvalue weighted by atomic mass is 79.9. The van der Waals surface area contributed by atoms with Gasteiger partial charge in [0.25, 0.3) is 0 Å². The van der Waals surface area contributed by atoms with Crippen molar-refractivity contribution in [2.75, 3.05) is 33.3 Å². The van der Waals surface area contributed by atoms with Crippen molar-refractivity contribution < 1.29 is 9.84 Å². The summed E-state index contributed by atoms with van der Waals surface area (Å²) in [5, 5.41) is 9.91. The zero-order valence-electron chi connectivity index (χ0n) is 13.9. The third-order valence-corrected chi connectivity index (χ3v) is 5.03. The Kier molecular flexibility index (Phi) is 5.76. The van der Waals surface area contributed by atoms with E-state index in [1.807, 2.05) is 12.1 Å². The zero-order valence-corrected chi connectivity index (χ0v) is 15.5. The molecule has 5 heteroatoms. The Morgan fingerprint density at radius 3 is 2.12 bits per heavy atom. The quantitative estimate of drug-likeness (QED) is 0.847. The predicted molar refractivity (Wildman–Crippen MR) is 99.4 cm³/mol. The highest BCUT2D eigenvalue weighted by molar-refractivity contribution is 9.10. The van der Waals surface area contributed by atoms with E-state index in [2.05, 4.69) is 56.1 Å². The zero-order chi connectivity index (χ0) is 16.9. The summed E-state index contributed by atoms with van der Waals surface area (Å²) >= 11 is 3.39. The molecule has 128 valence electrons. The van der Waals surface area contributed by atoms with Gasteiger partial charge in [-0.2, -0.15) is 0 Å². The van der Waals surface area contributed by atoms with Gasteiger partial charge in [0, 0.05) is 39.3 Å². The minimum Gasteiger partial charge on any atom is -0.503 e. The van der Waals surface area contributed by atoms with Crippen molar-refractivity contribution in [2.24, 2.45) is 0 Å². The molecule has 2 aromatic carbocycles. The van der Waals surface area contributed by atoms with Gasteiger partial charge in [-0.05, 0) is 39.2 Å². The van der Waals surface area contributed by atoms with Crippen molar-refractivity contribution in [1.82, 2.24) is 9.80 Å². The smallest absolute Gasteiger partial charge is 0.172 e. The first-order valence-electron chi connectivity index (χ1n) is 8.19. The molecule has 3 rings (SSSR count). The van der Waals surface area contributed by atoms with Crippen LogP contribution in [-0.2, 0) is 13.1 Å². The van der Waals surface area contributed by atoms with E-state index in [0.29, 0.717) is 10.2 Å². The Balaban J connectivity index is 1.55. The molecule has 0 amide bonds. The lowest BCUT2D eigenvalue weighted by Gasteiger charge is -2.34. The third kappa shape index (κ3) is 4.29. The van der Waals surface area contributed by atoms with Crippen LogP contribution in [0.5, 0.6) is 11.5 Å². The van der Waals surface area contributed by atoms with E-state index < -0.39 is 0 Å². The number of aromatic hydroxyl groups is 1. The summed E-state index contributed by atoms with van der Waals surface area (Å²) in [6.07, 6.45) is 0. The van der Waals surface area contributed by atoms with Gasteiger partial charge in [-0.15, -0.1) is 0 Å². The van der Waals surface area contributed by atoms with Crippen molar-refractivity contribution in [1.29, 1.82) is 0 Å². The van der Waals surface area contributed by atoms with Crippen LogP contribution in [0.15, 0.2) is 46.9 Å². The Morgan fingerprint density at radius 2 is 1.54 bits per heavy atom. The molecule has 0 radical (unpaired) electrons. The molecule has 0 atom stereocenters. The molecular formula is C19H23BrN2O2. The first kappa shape index (κ1) is 17.3. The monoisotopic (exact) mass is 390 g/mol. The predicted octanol–water partition coefficient (Wildman–Crippen LogP) is 3.48. The van der Waals surface area contributed by atoms with E-state index in [4.69, 9.17) is 4.74 Å². The molecule has 2 aromatic rings. The van der Waals surface area contributed by atoms with Crippen LogP contribution in [0.3, 0.4) is 0 Å². The van der Waals surface area contributed by atoms with E-state index in [1.54, 1.807) is 7.11 Å². The molecule has 1 heterocycles. The number of phenolic OH excluding ortho intramolecular Hbond substituents is 1. The second-order valence-corrected chi connectivity index (χ2v) is 7.02. The van der Waals surface area contributed by atoms with Crippen LogP contribution in [0, 0.1) is 0 Å². The number of hydrogen-bond acceptors (Lipinski definition) is 4. The van der Waals surface area contributed by atoms with Crippen LogP contribution in [-0.4, -0.2) is 48.2 Å². The summed E-state index contributed by atoms with van der Waals surface area (Å²) in [5.74, 6) is 0.677. The summed E-state index contributed by atoms with van der Waals surface area (Å²) in [4.78, 5) is 4.94. The van der Waals surface area contributed by atoms with Gasteiger partial charge in [-0.1, -0.05) is 30.3 Å². The van der Waals surface area contributed by atoms with Crippen molar-refractivity contribution >= 4 is 15.9 Å². The number of phenols is 1. The topological polar surface area (TPSA) is 35.9 Å². The molecule has 1 N–H and O–H groups in total. The SMILES string of the molecule is COc1cc(CN2CCN(Cc3ccccc3)CC2)cc(Br)c1O. The van der Waals surface area contributed by atoms with Gasteiger partial charge >= 0.3 is 0 Å². The number of methoxy groups -OCH3 is 1. The largest absolute Gasteiger partial charge is 0.503 e. The Bertz CT molecular complexity index is 671. The van der Waals surface area contributed by atoms with Crippen LogP contribution in [0.1, 0.15) is 11.1 Å². The molecule has 0 spiro atoms. The van der Waals surface area contributed by atoms with Crippen LogP contribution < -0.4 is 4.74 Å². The van der Waals surface area contributed by atoms with Gasteiger partial charge in [-0.3, -0.25) is 9.80 Å². The minimum atomic E-state index is 0.161. The fourth-order valence-electron chi connectivity index (χ4n) is 3.08. The Hall–Kier alpha value is -1.56. The number of benzene rings is 2. The number of piperazine rings is 1. The molecule has 1 aliphatic heterocycles. The first-order chi connectivity index (χ1) is 11.7. The van der Waals surface area contributed by atoms with Crippen molar-refractivity contribution in [3.05, 3.63) is 58.1 Å². The van der Waals surface area contributed by atoms with E-state index in [0.717, 1.165) is 44.8 Å². The molecule has 1 fully saturated rings. The number of hydrogen-bond donors (Lipinski definition) is 1. The van der Waals surface area contributed by atoms with Crippen molar-refractivity contribution in [3.8, 4) is 11.5 Å². The van der Waals surface area contributed by atoms with Crippen LogP contribution >= 0.6 is 15.9 Å². The van der Waals surface area contributed by atoms with Gasteiger partial charge in [0.2, 0.25) is 0 Å². The molecule has 1 aliphatic rings. The molecule has 0 bridgehead atoms. The molecule has 24 heavy (non-hydrogen) atoms. The first-order valence-corrected chi connectivity index (χ1v) is 8.99. The lowest BCUT2D eigenvalue weighted by atomic mass is 10.1. The number of halogens is 1. The highest BCUT2D eigenvalue weighted by Gasteiger charge is 2.18. The highest BCUT2D eigenvalue weighted by Crippen LogP contribution is 2.35. The summed E-state index contributed by atoms with van der Waals surface area (Å²) in [5.41, 5.74) is 2.52. The van der Waals surface area contributed by atoms with Gasteiger partial charge in [-0.25, -0.2) is 0 Å².